The number of aliphatic hydroxyl groups is 18. The lowest BCUT2D eigenvalue weighted by atomic mass is 9.88. The monoisotopic (exact) mass is 1600 g/mol. The second-order valence-corrected chi connectivity index (χ2v) is 27.7. The molecule has 624 valence electrons. The third-order valence-electron chi connectivity index (χ3n) is 19.5. The molecule has 7 aliphatic rings. The van der Waals surface area contributed by atoms with Crippen LogP contribution in [0.15, 0.2) is 18.6 Å². The number of nitrogens with zero attached hydrogens (tertiary/aromatic N) is 9. The van der Waals surface area contributed by atoms with Crippen LogP contribution >= 0.6 is 0 Å². The lowest BCUT2D eigenvalue weighted by Crippen LogP contribution is -2.70. The Bertz CT molecular complexity index is 3300. The number of aromatic nitrogens is 9. The van der Waals surface area contributed by atoms with Crippen LogP contribution in [0.1, 0.15) is 57.1 Å². The van der Waals surface area contributed by atoms with Gasteiger partial charge in [0, 0.05) is 40.0 Å². The van der Waals surface area contributed by atoms with Gasteiger partial charge >= 0.3 is 17.9 Å². The van der Waals surface area contributed by atoms with Gasteiger partial charge < -0.3 is 180 Å². The number of carboxylic acid groups (broad SMARTS) is 3. The van der Waals surface area contributed by atoms with Crippen molar-refractivity contribution in [2.24, 2.45) is 0 Å². The highest BCUT2D eigenvalue weighted by Gasteiger charge is 2.64. The topological polar surface area (TPSA) is 766 Å². The first-order chi connectivity index (χ1) is 52.4. The smallest absolute Gasteiger partial charge is 0.364 e. The minimum atomic E-state index is -3.25. The van der Waals surface area contributed by atoms with Crippen LogP contribution in [0.25, 0.3) is 0 Å². The van der Waals surface area contributed by atoms with Crippen LogP contribution in [0.4, 0.5) is 0 Å². The van der Waals surface area contributed by atoms with Crippen molar-refractivity contribution >= 4 is 35.6 Å². The molecule has 6 saturated heterocycles. The summed E-state index contributed by atoms with van der Waals surface area (Å²) in [6.07, 6.45) is -58.0. The molecular formula is C60H90N12O39. The van der Waals surface area contributed by atoms with Crippen molar-refractivity contribution in [2.75, 3.05) is 19.8 Å². The molecule has 0 aromatic carbocycles. The zero-order chi connectivity index (χ0) is 81.2. The van der Waals surface area contributed by atoms with Crippen molar-refractivity contribution < 1.29 is 193 Å². The van der Waals surface area contributed by atoms with E-state index in [0.717, 1.165) is 53.4 Å². The van der Waals surface area contributed by atoms with Gasteiger partial charge in [-0.3, -0.25) is 14.4 Å². The molecule has 12 bridgehead atoms. The van der Waals surface area contributed by atoms with Gasteiger partial charge in [-0.15, -0.1) is 15.3 Å². The number of rotatable bonds is 21. The summed E-state index contributed by atoms with van der Waals surface area (Å²) in [5, 5.41) is 266. The molecule has 0 radical (unpaired) electrons. The molecule has 0 spiro atoms. The van der Waals surface area contributed by atoms with Crippen molar-refractivity contribution in [2.45, 2.75) is 280 Å². The number of aliphatic hydroxyl groups excluding tert-OH is 18. The fourth-order valence-electron chi connectivity index (χ4n) is 13.9. The molecule has 3 aromatic rings. The van der Waals surface area contributed by atoms with Crippen LogP contribution in [0.3, 0.4) is 0 Å². The van der Waals surface area contributed by atoms with E-state index in [-0.39, 0.29) is 17.1 Å². The van der Waals surface area contributed by atoms with Gasteiger partial charge in [0.05, 0.1) is 114 Å². The third kappa shape index (κ3) is 18.9. The van der Waals surface area contributed by atoms with E-state index in [9.17, 15) is 136 Å². The van der Waals surface area contributed by atoms with Crippen LogP contribution in [0, 0.1) is 0 Å². The minimum absolute atomic E-state index is 0.174. The highest BCUT2D eigenvalue weighted by Crippen LogP contribution is 2.42. The average molecular weight is 1600 g/mol. The molecule has 0 aliphatic carbocycles. The number of nitrogens with one attached hydrogen (secondary N) is 3. The first-order valence-electron chi connectivity index (χ1n) is 34.5. The number of amides is 3. The van der Waals surface area contributed by atoms with E-state index < -0.39 is 315 Å². The maximum Gasteiger partial charge on any atom is 0.364 e. The van der Waals surface area contributed by atoms with Crippen LogP contribution in [0.2, 0.25) is 0 Å². The normalized spacial score (nSPS) is 39.5. The average Bonchev–Trinajstić information content (AvgIpc) is 1.53. The SMILES string of the molecule is CC(=O)N[C@H]1[C@H]([C@@H](O)[C@@H](O)CO)O[C@@](O[C@H]2[C@@H](O)[C@H]3Cn4cc(nn4)CO[C@@H]4O[C@H](Cn5cc(nn5)CO[C@@H]5O[C@H](Cn6cc(nn6)CO[C@H](O3)[C@@H]2O)[C@H](O)[C@H](O[C@]2(C(=O)O)C[C@H](O)[C@@H](NC(C)=O)[C@H]([C@H](O)[C@H](O)CO)O2)[C@H]5O)[C@H](O)[C@H](O[C@]2(C(=O)O)C[C@H](O)[C@@H](NC(C)=O)[C@H]([C@H](O)[C@H](O)CO)O2)[C@H]4O)(C(=O)O)C[C@@H]1O. The number of hydrogen-bond donors (Lipinski definition) is 24. The zero-order valence-corrected chi connectivity index (χ0v) is 58.8. The Morgan fingerprint density at radius 2 is 0.676 bits per heavy atom. The van der Waals surface area contributed by atoms with Crippen molar-refractivity contribution in [1.29, 1.82) is 0 Å². The van der Waals surface area contributed by atoms with Crippen molar-refractivity contribution in [3.8, 4) is 0 Å². The van der Waals surface area contributed by atoms with Crippen molar-refractivity contribution in [1.82, 2.24) is 60.9 Å². The Morgan fingerprint density at radius 3 is 0.892 bits per heavy atom. The second kappa shape index (κ2) is 35.8. The Balaban J connectivity index is 1.02. The number of carbonyl (C=O) groups excluding carboxylic acids is 3. The molecule has 24 N–H and O–H groups in total. The van der Waals surface area contributed by atoms with E-state index in [1.165, 1.54) is 0 Å². The molecule has 3 amide bonds. The molecule has 51 nitrogen and oxygen atoms in total. The fourth-order valence-corrected chi connectivity index (χ4v) is 13.9. The summed E-state index contributed by atoms with van der Waals surface area (Å²) in [4.78, 5) is 77.5. The van der Waals surface area contributed by atoms with Gasteiger partial charge in [0.25, 0.3) is 17.4 Å². The maximum absolute atomic E-state index is 13.5. The molecule has 7 aliphatic heterocycles. The number of carboxylic acids is 3. The molecule has 51 heteroatoms. The number of hydrogen-bond acceptors (Lipinski definition) is 42. The van der Waals surface area contributed by atoms with Crippen LogP contribution in [0.5, 0.6) is 0 Å². The summed E-state index contributed by atoms with van der Waals surface area (Å²) >= 11 is 0. The van der Waals surface area contributed by atoms with E-state index in [1.807, 2.05) is 0 Å². The predicted octanol–water partition coefficient (Wildman–Crippen LogP) is -15.6. The zero-order valence-electron chi connectivity index (χ0n) is 58.8. The summed E-state index contributed by atoms with van der Waals surface area (Å²) in [6, 6.07) is -5.15. The minimum Gasteiger partial charge on any atom is -0.477 e. The summed E-state index contributed by atoms with van der Waals surface area (Å²) < 4.78 is 74.4. The van der Waals surface area contributed by atoms with Gasteiger partial charge in [-0.2, -0.15) is 0 Å². The summed E-state index contributed by atoms with van der Waals surface area (Å²) in [6.45, 7) is -4.92. The lowest BCUT2D eigenvalue weighted by molar-refractivity contribution is -0.370. The van der Waals surface area contributed by atoms with Crippen molar-refractivity contribution in [3.05, 3.63) is 35.7 Å². The van der Waals surface area contributed by atoms with Crippen LogP contribution in [-0.4, -0.2) is 409 Å². The quantitative estimate of drug-likeness (QED) is 0.0471. The maximum atomic E-state index is 13.5. The Kier molecular flexibility index (Phi) is 27.9. The predicted molar refractivity (Wildman–Crippen MR) is 339 cm³/mol. The van der Waals surface area contributed by atoms with E-state index in [1.54, 1.807) is 0 Å². The molecule has 10 heterocycles. The molecular weight excluding hydrogens is 1510 g/mol. The van der Waals surface area contributed by atoms with Gasteiger partial charge in [-0.25, -0.2) is 28.4 Å². The van der Waals surface area contributed by atoms with E-state index in [0.29, 0.717) is 0 Å². The lowest BCUT2D eigenvalue weighted by Gasteiger charge is -2.50. The van der Waals surface area contributed by atoms with Crippen LogP contribution in [-0.2, 0) is 125 Å². The highest BCUT2D eigenvalue weighted by atomic mass is 16.8. The molecule has 10 rings (SSSR count). The molecule has 0 saturated carbocycles. The van der Waals surface area contributed by atoms with Gasteiger partial charge in [0.2, 0.25) is 17.7 Å². The third-order valence-corrected chi connectivity index (χ3v) is 19.5. The van der Waals surface area contributed by atoms with Crippen LogP contribution < -0.4 is 16.0 Å². The molecule has 0 unspecified atom stereocenters. The summed E-state index contributed by atoms with van der Waals surface area (Å²) in [5.74, 6) is -18.6. The van der Waals surface area contributed by atoms with E-state index >= 15 is 0 Å². The number of carbonyl (C=O) groups is 6. The Morgan fingerprint density at radius 1 is 0.432 bits per heavy atom. The number of aliphatic carboxylic acids is 3. The fraction of sp³-hybridized carbons (Fsp3) is 0.800. The van der Waals surface area contributed by atoms with Gasteiger partial charge in [-0.1, -0.05) is 15.6 Å². The first kappa shape index (κ1) is 86.4. The van der Waals surface area contributed by atoms with Crippen molar-refractivity contribution in [3.63, 3.8) is 0 Å². The van der Waals surface area contributed by atoms with Gasteiger partial charge in [0.1, 0.15) is 145 Å². The van der Waals surface area contributed by atoms with E-state index in [4.69, 9.17) is 56.8 Å². The molecule has 3 aromatic heterocycles. The standard InChI is InChI=1S/C60H90N12O39/c1-19(76)61-34-25(79)4-58(55(94)95,106-46(34)37(85)28(82)13-73)109-49-40(88)31-10-70-7-23(65-67-70)17-101-53-44(92)51(111-60(57(98)99)6-27(81)36(63-21(3)78)48(108-60)39(87)30(84)15-75)42(90)33(105-53)12-72-9-24(66-69-72)18-102-54-45(93)50(41(89)32(104-54)11-71-8-22(64-68-71)16-100-52(103-31)43(49)91)110-59(56(96)97)5-26(80)35(62-20(2)77)47(107-59)38(86)29(83)14-74/h7-9,25-54,73-75,79-93H,4-6,10-18H2,1-3H3,(H,61,76)(H,62,77)(H,63,78)(H,94,95)(H,96,97)(H,98,99)/t25-,26-,27-,28-,29+,30+,31+,32+,33+,34+,35+,36+,37-,38+,39+,40-,41-,42-,43+,44+,45+,46+,47+,48+,49-,50-,51-,52+,53+,54+,58-,59-,60-/m0/s1. The second-order valence-electron chi connectivity index (χ2n) is 27.7. The largest absolute Gasteiger partial charge is 0.477 e. The summed E-state index contributed by atoms with van der Waals surface area (Å²) in [7, 11) is 0. The number of fused-ring (bicyclic) bond motifs is 12. The molecule has 111 heavy (non-hydrogen) atoms. The molecule has 33 atom stereocenters. The highest BCUT2D eigenvalue weighted by molar-refractivity contribution is 5.78. The van der Waals surface area contributed by atoms with Gasteiger partial charge in [-0.05, 0) is 0 Å². The Hall–Kier alpha value is -6.96. The Labute approximate surface area is 623 Å². The van der Waals surface area contributed by atoms with E-state index in [2.05, 4.69) is 46.9 Å². The summed E-state index contributed by atoms with van der Waals surface area (Å²) in [5.41, 5.74) is -0.523. The molecule has 6 fully saturated rings. The first-order valence-corrected chi connectivity index (χ1v) is 34.5. The number of ether oxygens (including phenoxy) is 12. The van der Waals surface area contributed by atoms with Gasteiger partial charge in [0.15, 0.2) is 18.9 Å².